The van der Waals surface area contributed by atoms with E-state index in [4.69, 9.17) is 9.84 Å². The number of ether oxygens (including phenoxy) is 1. The minimum Gasteiger partial charge on any atom is -0.481 e. The van der Waals surface area contributed by atoms with Gasteiger partial charge in [-0.15, -0.1) is 0 Å². The molecule has 0 aliphatic heterocycles. The van der Waals surface area contributed by atoms with E-state index >= 15 is 0 Å². The molecule has 0 aliphatic carbocycles. The largest absolute Gasteiger partial charge is 0.481 e. The van der Waals surface area contributed by atoms with Crippen molar-refractivity contribution in [2.45, 2.75) is 6.54 Å². The van der Waals surface area contributed by atoms with Crippen LogP contribution in [0.4, 0.5) is 5.82 Å². The molecule has 0 amide bonds. The molecular weight excluding hydrogens is 246 g/mol. The third-order valence-corrected chi connectivity index (χ3v) is 2.51. The van der Waals surface area contributed by atoms with Crippen molar-refractivity contribution in [3.05, 3.63) is 47.8 Å². The van der Waals surface area contributed by atoms with E-state index in [9.17, 15) is 4.79 Å². The molecule has 0 bridgehead atoms. The van der Waals surface area contributed by atoms with Crippen LogP contribution >= 0.6 is 0 Å². The molecule has 0 fully saturated rings. The molecule has 2 rings (SSSR count). The van der Waals surface area contributed by atoms with Crippen LogP contribution in [-0.2, 0) is 6.54 Å². The molecule has 6 heteroatoms. The highest BCUT2D eigenvalue weighted by Crippen LogP contribution is 2.14. The summed E-state index contributed by atoms with van der Waals surface area (Å²) in [6.45, 7) is 0.441. The number of carboxylic acids is 1. The van der Waals surface area contributed by atoms with Crippen LogP contribution < -0.4 is 10.1 Å². The maximum absolute atomic E-state index is 11.0. The molecule has 0 saturated carbocycles. The van der Waals surface area contributed by atoms with E-state index < -0.39 is 5.97 Å². The zero-order chi connectivity index (χ0) is 13.7. The van der Waals surface area contributed by atoms with Crippen molar-refractivity contribution in [2.75, 3.05) is 12.4 Å². The van der Waals surface area contributed by atoms with Crippen LogP contribution in [0.25, 0.3) is 0 Å². The number of rotatable bonds is 5. The molecule has 2 aromatic heterocycles. The maximum Gasteiger partial charge on any atom is 0.339 e. The fourth-order valence-corrected chi connectivity index (χ4v) is 1.58. The topological polar surface area (TPSA) is 84.3 Å². The first-order chi connectivity index (χ1) is 9.20. The molecule has 0 spiro atoms. The van der Waals surface area contributed by atoms with Gasteiger partial charge in [0.2, 0.25) is 5.88 Å². The van der Waals surface area contributed by atoms with Gasteiger partial charge in [0.15, 0.2) is 0 Å². The van der Waals surface area contributed by atoms with Gasteiger partial charge in [0, 0.05) is 25.0 Å². The van der Waals surface area contributed by atoms with Crippen LogP contribution in [0.3, 0.4) is 0 Å². The van der Waals surface area contributed by atoms with Crippen LogP contribution in [0.1, 0.15) is 15.9 Å². The summed E-state index contributed by atoms with van der Waals surface area (Å²) in [7, 11) is 1.54. The minimum absolute atomic E-state index is 0.142. The average molecular weight is 259 g/mol. The summed E-state index contributed by atoms with van der Waals surface area (Å²) in [5.41, 5.74) is 1.07. The molecule has 0 saturated heterocycles. The Labute approximate surface area is 110 Å². The second-order valence-corrected chi connectivity index (χ2v) is 3.76. The SMILES string of the molecule is COc1cc(CNc2ncccc2C(=O)O)ccn1. The number of hydrogen-bond donors (Lipinski definition) is 2. The van der Waals surface area contributed by atoms with Crippen molar-refractivity contribution >= 4 is 11.8 Å². The van der Waals surface area contributed by atoms with Gasteiger partial charge in [-0.25, -0.2) is 14.8 Å². The monoisotopic (exact) mass is 259 g/mol. The fraction of sp³-hybridized carbons (Fsp3) is 0.154. The highest BCUT2D eigenvalue weighted by atomic mass is 16.5. The Morgan fingerprint density at radius 3 is 2.95 bits per heavy atom. The van der Waals surface area contributed by atoms with E-state index in [0.717, 1.165) is 5.56 Å². The first-order valence-electron chi connectivity index (χ1n) is 5.62. The Kier molecular flexibility index (Phi) is 3.92. The van der Waals surface area contributed by atoms with Crippen molar-refractivity contribution in [1.82, 2.24) is 9.97 Å². The number of pyridine rings is 2. The quantitative estimate of drug-likeness (QED) is 0.851. The van der Waals surface area contributed by atoms with E-state index in [0.29, 0.717) is 18.2 Å². The Morgan fingerprint density at radius 1 is 1.37 bits per heavy atom. The van der Waals surface area contributed by atoms with Gasteiger partial charge in [-0.3, -0.25) is 0 Å². The van der Waals surface area contributed by atoms with Gasteiger partial charge in [-0.1, -0.05) is 0 Å². The van der Waals surface area contributed by atoms with Crippen molar-refractivity contribution in [3.63, 3.8) is 0 Å². The minimum atomic E-state index is -1.01. The standard InChI is InChI=1S/C13H13N3O3/c1-19-11-7-9(4-6-14-11)8-16-12-10(13(17)18)3-2-5-15-12/h2-7H,8H2,1H3,(H,15,16)(H,17,18). The molecule has 19 heavy (non-hydrogen) atoms. The van der Waals surface area contributed by atoms with E-state index in [-0.39, 0.29) is 5.56 Å². The van der Waals surface area contributed by atoms with Gasteiger partial charge in [-0.05, 0) is 23.8 Å². The van der Waals surface area contributed by atoms with E-state index in [1.807, 2.05) is 6.07 Å². The number of nitrogens with zero attached hydrogens (tertiary/aromatic N) is 2. The van der Waals surface area contributed by atoms with Crippen LogP contribution in [-0.4, -0.2) is 28.2 Å². The van der Waals surface area contributed by atoms with Gasteiger partial charge in [-0.2, -0.15) is 0 Å². The summed E-state index contributed by atoms with van der Waals surface area (Å²) in [4.78, 5) is 19.0. The lowest BCUT2D eigenvalue weighted by Gasteiger charge is -2.08. The number of anilines is 1. The van der Waals surface area contributed by atoms with Crippen molar-refractivity contribution in [3.8, 4) is 5.88 Å². The zero-order valence-corrected chi connectivity index (χ0v) is 10.3. The Balaban J connectivity index is 2.12. The summed E-state index contributed by atoms with van der Waals surface area (Å²) >= 11 is 0. The van der Waals surface area contributed by atoms with Gasteiger partial charge in [0.25, 0.3) is 0 Å². The molecule has 0 unspecified atom stereocenters. The average Bonchev–Trinajstić information content (AvgIpc) is 2.45. The molecule has 2 heterocycles. The predicted octanol–water partition coefficient (Wildman–Crippen LogP) is 1.80. The Morgan fingerprint density at radius 2 is 2.21 bits per heavy atom. The van der Waals surface area contributed by atoms with E-state index in [1.165, 1.54) is 6.07 Å². The van der Waals surface area contributed by atoms with Crippen molar-refractivity contribution < 1.29 is 14.6 Å². The van der Waals surface area contributed by atoms with Crippen LogP contribution in [0.2, 0.25) is 0 Å². The summed E-state index contributed by atoms with van der Waals surface area (Å²) in [6, 6.07) is 6.68. The van der Waals surface area contributed by atoms with Crippen molar-refractivity contribution in [1.29, 1.82) is 0 Å². The smallest absolute Gasteiger partial charge is 0.339 e. The lowest BCUT2D eigenvalue weighted by molar-refractivity contribution is 0.0697. The highest BCUT2D eigenvalue weighted by molar-refractivity contribution is 5.92. The van der Waals surface area contributed by atoms with Gasteiger partial charge in [0.1, 0.15) is 11.4 Å². The van der Waals surface area contributed by atoms with Crippen LogP contribution in [0, 0.1) is 0 Å². The predicted molar refractivity (Wildman–Crippen MR) is 69.3 cm³/mol. The molecule has 0 radical (unpaired) electrons. The molecule has 2 N–H and O–H groups in total. The van der Waals surface area contributed by atoms with E-state index in [2.05, 4.69) is 15.3 Å². The van der Waals surface area contributed by atoms with Gasteiger partial charge in [0.05, 0.1) is 7.11 Å². The number of carboxylic acid groups (broad SMARTS) is 1. The number of aromatic carboxylic acids is 1. The highest BCUT2D eigenvalue weighted by Gasteiger charge is 2.09. The second kappa shape index (κ2) is 5.81. The lowest BCUT2D eigenvalue weighted by atomic mass is 10.2. The van der Waals surface area contributed by atoms with Crippen molar-refractivity contribution in [2.24, 2.45) is 0 Å². The lowest BCUT2D eigenvalue weighted by Crippen LogP contribution is -2.08. The molecule has 98 valence electrons. The third-order valence-electron chi connectivity index (χ3n) is 2.51. The first kappa shape index (κ1) is 12.8. The molecular formula is C13H13N3O3. The molecule has 2 aromatic rings. The second-order valence-electron chi connectivity index (χ2n) is 3.76. The van der Waals surface area contributed by atoms with E-state index in [1.54, 1.807) is 31.6 Å². The normalized spacial score (nSPS) is 9.95. The maximum atomic E-state index is 11.0. The van der Waals surface area contributed by atoms with Crippen LogP contribution in [0.15, 0.2) is 36.7 Å². The number of nitrogens with one attached hydrogen (secondary N) is 1. The summed E-state index contributed by atoms with van der Waals surface area (Å²) < 4.78 is 5.02. The van der Waals surface area contributed by atoms with Gasteiger partial charge >= 0.3 is 5.97 Å². The summed E-state index contributed by atoms with van der Waals surface area (Å²) in [5.74, 6) is -0.160. The Hall–Kier alpha value is -2.63. The number of hydrogen-bond acceptors (Lipinski definition) is 5. The fourth-order valence-electron chi connectivity index (χ4n) is 1.58. The summed E-state index contributed by atoms with van der Waals surface area (Å²) in [5, 5.41) is 12.0. The zero-order valence-electron chi connectivity index (χ0n) is 10.3. The first-order valence-corrected chi connectivity index (χ1v) is 5.62. The third kappa shape index (κ3) is 3.19. The Bertz CT molecular complexity index is 587. The van der Waals surface area contributed by atoms with Crippen LogP contribution in [0.5, 0.6) is 5.88 Å². The molecule has 6 nitrogen and oxygen atoms in total. The number of methoxy groups -OCH3 is 1. The number of carbonyl (C=O) groups is 1. The number of aromatic nitrogens is 2. The molecule has 0 aliphatic rings. The molecule has 0 atom stereocenters. The van der Waals surface area contributed by atoms with Gasteiger partial charge < -0.3 is 15.2 Å². The molecule has 0 aromatic carbocycles. The summed E-state index contributed by atoms with van der Waals surface area (Å²) in [6.07, 6.45) is 3.17.